The van der Waals surface area contributed by atoms with Gasteiger partial charge in [-0.1, -0.05) is 141 Å². The Morgan fingerprint density at radius 2 is 0.964 bits per heavy atom. The lowest BCUT2D eigenvalue weighted by Crippen LogP contribution is -2.23. The van der Waals surface area contributed by atoms with E-state index in [2.05, 4.69) is 208 Å². The van der Waals surface area contributed by atoms with Crippen molar-refractivity contribution in [2.75, 3.05) is 4.90 Å². The van der Waals surface area contributed by atoms with Crippen molar-refractivity contribution in [1.29, 1.82) is 0 Å². The molecule has 1 atom stereocenters. The highest BCUT2D eigenvalue weighted by Crippen LogP contribution is 2.55. The van der Waals surface area contributed by atoms with Crippen molar-refractivity contribution in [3.63, 3.8) is 0 Å². The Morgan fingerprint density at radius 1 is 0.382 bits per heavy atom. The third-order valence-corrected chi connectivity index (χ3v) is 13.7. The smallest absolute Gasteiger partial charge is 0.0467 e. The fourth-order valence-corrected chi connectivity index (χ4v) is 10.8. The highest BCUT2D eigenvalue weighted by molar-refractivity contribution is 7.25. The topological polar surface area (TPSA) is 3.24 Å². The average molecular weight is 722 g/mol. The summed E-state index contributed by atoms with van der Waals surface area (Å²) in [5.41, 5.74) is 17.5. The Morgan fingerprint density at radius 3 is 1.76 bits per heavy atom. The molecule has 262 valence electrons. The second-order valence-corrected chi connectivity index (χ2v) is 16.9. The van der Waals surface area contributed by atoms with Crippen LogP contribution in [-0.2, 0) is 10.8 Å². The standard InChI is InChI=1S/C53H39NS/c1-52(2)46-21-10-7-18-40(46)42-27-25-38(32-48(42)52)54(37-17-13-14-34(30-37)35-24-29-51-45(31-35)44-20-9-12-23-50(44)55-51)39-26-28-43-41-19-8-11-22-47(41)53(3,49(43)33-39)36-15-5-4-6-16-36/h4-33H,1-3H3. The predicted octanol–water partition coefficient (Wildman–Crippen LogP) is 14.8. The minimum atomic E-state index is -0.295. The molecule has 0 aliphatic heterocycles. The summed E-state index contributed by atoms with van der Waals surface area (Å²) >= 11 is 1.87. The number of fused-ring (bicyclic) bond motifs is 9. The van der Waals surface area contributed by atoms with E-state index in [-0.39, 0.29) is 10.8 Å². The summed E-state index contributed by atoms with van der Waals surface area (Å²) < 4.78 is 2.66. The SMILES string of the molecule is CC1(C)c2ccccc2-c2ccc(N(c3cccc(-c4ccc5sc6ccccc6c5c4)c3)c3ccc4c(c3)C(C)(c3ccccc3)c3ccccc3-4)cc21. The third-order valence-electron chi connectivity index (χ3n) is 12.5. The zero-order valence-corrected chi connectivity index (χ0v) is 32.0. The fourth-order valence-electron chi connectivity index (χ4n) is 9.71. The Labute approximate surface area is 326 Å². The second-order valence-electron chi connectivity index (χ2n) is 15.9. The quantitative estimate of drug-likeness (QED) is 0.171. The number of hydrogen-bond acceptors (Lipinski definition) is 2. The first-order chi connectivity index (χ1) is 26.9. The number of rotatable bonds is 5. The van der Waals surface area contributed by atoms with Crippen LogP contribution in [0, 0.1) is 0 Å². The Kier molecular flexibility index (Phi) is 6.97. The average Bonchev–Trinajstić information content (AvgIpc) is 3.82. The van der Waals surface area contributed by atoms with Gasteiger partial charge in [-0.15, -0.1) is 11.3 Å². The lowest BCUT2D eigenvalue weighted by Gasteiger charge is -2.31. The van der Waals surface area contributed by atoms with Crippen LogP contribution in [0.3, 0.4) is 0 Å². The predicted molar refractivity (Wildman–Crippen MR) is 234 cm³/mol. The van der Waals surface area contributed by atoms with Crippen LogP contribution in [0.2, 0.25) is 0 Å². The van der Waals surface area contributed by atoms with Gasteiger partial charge in [-0.05, 0) is 123 Å². The molecule has 1 unspecified atom stereocenters. The molecule has 1 nitrogen and oxygen atoms in total. The normalized spacial score (nSPS) is 16.1. The summed E-state index contributed by atoms with van der Waals surface area (Å²) in [5, 5.41) is 2.64. The maximum Gasteiger partial charge on any atom is 0.0467 e. The molecular weight excluding hydrogens is 683 g/mol. The number of nitrogens with zero attached hydrogens (tertiary/aromatic N) is 1. The first kappa shape index (κ1) is 32.2. The molecule has 1 heterocycles. The molecule has 0 amide bonds. The summed E-state index contributed by atoms with van der Waals surface area (Å²) in [7, 11) is 0. The van der Waals surface area contributed by atoms with Gasteiger partial charge in [-0.25, -0.2) is 0 Å². The molecule has 2 aliphatic rings. The van der Waals surface area contributed by atoms with Crippen molar-refractivity contribution >= 4 is 48.6 Å². The first-order valence-corrected chi connectivity index (χ1v) is 20.1. The van der Waals surface area contributed by atoms with Crippen molar-refractivity contribution < 1.29 is 0 Å². The van der Waals surface area contributed by atoms with Crippen molar-refractivity contribution in [1.82, 2.24) is 0 Å². The molecule has 0 bridgehead atoms. The molecule has 0 spiro atoms. The lowest BCUT2D eigenvalue weighted by molar-refractivity contribution is 0.660. The van der Waals surface area contributed by atoms with Gasteiger partial charge in [-0.2, -0.15) is 0 Å². The van der Waals surface area contributed by atoms with Gasteiger partial charge < -0.3 is 4.90 Å². The van der Waals surface area contributed by atoms with E-state index in [9.17, 15) is 0 Å². The number of anilines is 3. The molecule has 2 heteroatoms. The minimum Gasteiger partial charge on any atom is -0.310 e. The number of thiophene rings is 1. The van der Waals surface area contributed by atoms with Gasteiger partial charge in [-0.3, -0.25) is 0 Å². The van der Waals surface area contributed by atoms with Gasteiger partial charge in [0.1, 0.15) is 0 Å². The summed E-state index contributed by atoms with van der Waals surface area (Å²) in [5.74, 6) is 0. The molecule has 0 saturated heterocycles. The van der Waals surface area contributed by atoms with E-state index in [0.717, 1.165) is 17.1 Å². The van der Waals surface area contributed by atoms with Crippen LogP contribution in [0.1, 0.15) is 48.6 Å². The molecule has 2 aliphatic carbocycles. The minimum absolute atomic E-state index is 0.111. The highest BCUT2D eigenvalue weighted by Gasteiger charge is 2.41. The molecule has 9 aromatic rings. The van der Waals surface area contributed by atoms with Gasteiger partial charge in [0.05, 0.1) is 0 Å². The summed E-state index contributed by atoms with van der Waals surface area (Å²) in [6, 6.07) is 68.0. The molecular formula is C53H39NS. The van der Waals surface area contributed by atoms with Crippen molar-refractivity contribution in [3.05, 3.63) is 210 Å². The molecule has 0 fully saturated rings. The third kappa shape index (κ3) is 4.71. The van der Waals surface area contributed by atoms with E-state index in [1.165, 1.54) is 81.4 Å². The summed E-state index contributed by atoms with van der Waals surface area (Å²) in [6.45, 7) is 7.14. The van der Waals surface area contributed by atoms with Crippen LogP contribution in [0.5, 0.6) is 0 Å². The molecule has 11 rings (SSSR count). The van der Waals surface area contributed by atoms with Gasteiger partial charge in [0.15, 0.2) is 0 Å². The van der Waals surface area contributed by atoms with Gasteiger partial charge in [0.2, 0.25) is 0 Å². The zero-order chi connectivity index (χ0) is 36.9. The largest absolute Gasteiger partial charge is 0.310 e. The van der Waals surface area contributed by atoms with E-state index < -0.39 is 0 Å². The first-order valence-electron chi connectivity index (χ1n) is 19.3. The Balaban J connectivity index is 1.12. The molecule has 1 aromatic heterocycles. The van der Waals surface area contributed by atoms with Gasteiger partial charge >= 0.3 is 0 Å². The van der Waals surface area contributed by atoms with Crippen LogP contribution in [0.4, 0.5) is 17.1 Å². The molecule has 0 N–H and O–H groups in total. The monoisotopic (exact) mass is 721 g/mol. The maximum atomic E-state index is 2.48. The van der Waals surface area contributed by atoms with Gasteiger partial charge in [0.25, 0.3) is 0 Å². The van der Waals surface area contributed by atoms with Crippen molar-refractivity contribution in [2.24, 2.45) is 0 Å². The van der Waals surface area contributed by atoms with E-state index in [1.807, 2.05) is 11.3 Å². The van der Waals surface area contributed by atoms with E-state index in [4.69, 9.17) is 0 Å². The van der Waals surface area contributed by atoms with Crippen molar-refractivity contribution in [2.45, 2.75) is 31.6 Å². The van der Waals surface area contributed by atoms with Crippen LogP contribution in [-0.4, -0.2) is 0 Å². The van der Waals surface area contributed by atoms with E-state index >= 15 is 0 Å². The summed E-state index contributed by atoms with van der Waals surface area (Å²) in [4.78, 5) is 2.48. The summed E-state index contributed by atoms with van der Waals surface area (Å²) in [6.07, 6.45) is 0. The molecule has 0 radical (unpaired) electrons. The lowest BCUT2D eigenvalue weighted by atomic mass is 9.74. The van der Waals surface area contributed by atoms with Crippen LogP contribution in [0.15, 0.2) is 182 Å². The second kappa shape index (κ2) is 11.9. The molecule has 0 saturated carbocycles. The fraction of sp³-hybridized carbons (Fsp3) is 0.0943. The van der Waals surface area contributed by atoms with Crippen molar-refractivity contribution in [3.8, 4) is 33.4 Å². The number of benzene rings is 8. The maximum absolute atomic E-state index is 2.48. The number of hydrogen-bond donors (Lipinski definition) is 0. The van der Waals surface area contributed by atoms with E-state index in [0.29, 0.717) is 0 Å². The highest BCUT2D eigenvalue weighted by atomic mass is 32.1. The Bertz CT molecular complexity index is 2990. The van der Waals surface area contributed by atoms with Crippen LogP contribution >= 0.6 is 11.3 Å². The van der Waals surface area contributed by atoms with Crippen LogP contribution in [0.25, 0.3) is 53.6 Å². The van der Waals surface area contributed by atoms with Crippen LogP contribution < -0.4 is 4.90 Å². The van der Waals surface area contributed by atoms with Gasteiger partial charge in [0, 0.05) is 48.1 Å². The molecule has 55 heavy (non-hydrogen) atoms. The Hall–Kier alpha value is -6.22. The zero-order valence-electron chi connectivity index (χ0n) is 31.2. The van der Waals surface area contributed by atoms with E-state index in [1.54, 1.807) is 0 Å². The molecule has 8 aromatic carbocycles.